The molecule has 0 atom stereocenters. The predicted molar refractivity (Wildman–Crippen MR) is 113 cm³/mol. The second-order valence-electron chi connectivity index (χ2n) is 7.40. The van der Waals surface area contributed by atoms with Gasteiger partial charge in [-0.1, -0.05) is 68.2 Å². The van der Waals surface area contributed by atoms with Crippen LogP contribution < -0.4 is 5.19 Å². The molecule has 1 N–H and O–H groups in total. The van der Waals surface area contributed by atoms with Crippen LogP contribution in [0.5, 0.6) is 5.75 Å². The third-order valence-corrected chi connectivity index (χ3v) is 6.55. The van der Waals surface area contributed by atoms with Crippen LogP contribution in [0.1, 0.15) is 25.0 Å². The quantitative estimate of drug-likeness (QED) is 0.468. The van der Waals surface area contributed by atoms with Gasteiger partial charge in [-0.3, -0.25) is 4.79 Å². The summed E-state index contributed by atoms with van der Waals surface area (Å²) < 4.78 is 0. The average molecular weight is 368 g/mol. The molecule has 1 amide bonds. The minimum atomic E-state index is -1.73. The number of carbonyl (C=O) groups excluding carboxylic acids is 1. The molecule has 0 spiro atoms. The summed E-state index contributed by atoms with van der Waals surface area (Å²) in [6.07, 6.45) is 1.88. The van der Waals surface area contributed by atoms with Gasteiger partial charge >= 0.3 is 0 Å². The Balaban J connectivity index is 2.66. The number of nitrogens with zero attached hydrogens (tertiary/aromatic N) is 1. The van der Waals surface area contributed by atoms with Gasteiger partial charge in [0, 0.05) is 18.7 Å². The Labute approximate surface area is 158 Å². The van der Waals surface area contributed by atoms with Gasteiger partial charge < -0.3 is 10.0 Å². The number of phenolic OH excluding ortho intramolecular Hbond substituents is 1. The number of rotatable bonds is 6. The SMILES string of the molecule is CCN(CC)C(=O)/C(=C\c1ccccc1)c1cccc([Si](C)(C)C)c1O. The minimum absolute atomic E-state index is 0.0538. The highest BCUT2D eigenvalue weighted by Crippen LogP contribution is 2.29. The molecule has 0 aromatic heterocycles. The Morgan fingerprint density at radius 3 is 2.15 bits per heavy atom. The van der Waals surface area contributed by atoms with Gasteiger partial charge in [0.05, 0.1) is 13.6 Å². The molecule has 26 heavy (non-hydrogen) atoms. The van der Waals surface area contributed by atoms with Crippen molar-refractivity contribution in [2.24, 2.45) is 0 Å². The molecule has 0 aliphatic rings. The fourth-order valence-corrected chi connectivity index (χ4v) is 4.46. The number of para-hydroxylation sites is 1. The first kappa shape index (κ1) is 20.0. The summed E-state index contributed by atoms with van der Waals surface area (Å²) in [5, 5.41) is 11.9. The number of hydrogen-bond donors (Lipinski definition) is 1. The molecule has 138 valence electrons. The number of hydrogen-bond acceptors (Lipinski definition) is 2. The number of benzene rings is 2. The van der Waals surface area contributed by atoms with E-state index in [9.17, 15) is 9.90 Å². The van der Waals surface area contributed by atoms with E-state index in [4.69, 9.17) is 0 Å². The first-order valence-corrected chi connectivity index (χ1v) is 12.7. The van der Waals surface area contributed by atoms with Crippen LogP contribution in [-0.2, 0) is 4.79 Å². The van der Waals surface area contributed by atoms with Gasteiger partial charge in [-0.2, -0.15) is 0 Å². The maximum atomic E-state index is 13.2. The van der Waals surface area contributed by atoms with Crippen LogP contribution in [0.2, 0.25) is 19.6 Å². The fraction of sp³-hybridized carbons (Fsp3) is 0.318. The highest BCUT2D eigenvalue weighted by molar-refractivity contribution is 6.89. The first-order valence-electron chi connectivity index (χ1n) is 9.18. The summed E-state index contributed by atoms with van der Waals surface area (Å²) in [6, 6.07) is 15.5. The summed E-state index contributed by atoms with van der Waals surface area (Å²) in [7, 11) is -1.73. The van der Waals surface area contributed by atoms with Crippen molar-refractivity contribution in [1.82, 2.24) is 4.90 Å². The zero-order chi connectivity index (χ0) is 19.3. The molecule has 0 heterocycles. The van der Waals surface area contributed by atoms with Gasteiger partial charge in [0.25, 0.3) is 5.91 Å². The molecular formula is C22H29NO2Si. The highest BCUT2D eigenvalue weighted by atomic mass is 28.3. The molecule has 0 radical (unpaired) electrons. The molecule has 0 aliphatic heterocycles. The maximum Gasteiger partial charge on any atom is 0.254 e. The smallest absolute Gasteiger partial charge is 0.254 e. The van der Waals surface area contributed by atoms with Crippen LogP contribution >= 0.6 is 0 Å². The largest absolute Gasteiger partial charge is 0.507 e. The summed E-state index contributed by atoms with van der Waals surface area (Å²) in [5.41, 5.74) is 2.10. The average Bonchev–Trinajstić information content (AvgIpc) is 2.61. The molecule has 2 rings (SSSR count). The summed E-state index contributed by atoms with van der Waals surface area (Å²) >= 11 is 0. The highest BCUT2D eigenvalue weighted by Gasteiger charge is 2.26. The van der Waals surface area contributed by atoms with Crippen molar-refractivity contribution in [2.75, 3.05) is 13.1 Å². The lowest BCUT2D eigenvalue weighted by molar-refractivity contribution is -0.124. The molecule has 0 saturated heterocycles. The second kappa shape index (κ2) is 8.36. The normalized spacial score (nSPS) is 12.1. The molecule has 0 fully saturated rings. The van der Waals surface area contributed by atoms with E-state index < -0.39 is 8.07 Å². The summed E-state index contributed by atoms with van der Waals surface area (Å²) in [6.45, 7) is 11.8. The molecular weight excluding hydrogens is 338 g/mol. The Bertz CT molecular complexity index is 788. The molecule has 3 nitrogen and oxygen atoms in total. The van der Waals surface area contributed by atoms with Crippen molar-refractivity contribution >= 4 is 30.8 Å². The van der Waals surface area contributed by atoms with E-state index in [1.807, 2.05) is 68.5 Å². The first-order chi connectivity index (χ1) is 12.3. The minimum Gasteiger partial charge on any atom is -0.507 e. The van der Waals surface area contributed by atoms with E-state index in [1.165, 1.54) is 0 Å². The predicted octanol–water partition coefficient (Wildman–Crippen LogP) is 4.35. The van der Waals surface area contributed by atoms with Crippen LogP contribution in [-0.4, -0.2) is 37.1 Å². The van der Waals surface area contributed by atoms with E-state index in [2.05, 4.69) is 19.6 Å². The van der Waals surface area contributed by atoms with Crippen molar-refractivity contribution in [3.05, 3.63) is 59.7 Å². The number of aromatic hydroxyl groups is 1. The molecule has 4 heteroatoms. The monoisotopic (exact) mass is 367 g/mol. The van der Waals surface area contributed by atoms with Gasteiger partial charge in [0.15, 0.2) is 0 Å². The number of phenols is 1. The summed E-state index contributed by atoms with van der Waals surface area (Å²) in [5.74, 6) is 0.191. The van der Waals surface area contributed by atoms with E-state index in [1.54, 1.807) is 4.90 Å². The molecule has 0 aliphatic carbocycles. The number of likely N-dealkylation sites (N-methyl/N-ethyl adjacent to an activating group) is 1. The van der Waals surface area contributed by atoms with E-state index in [0.29, 0.717) is 24.2 Å². The Hall–Kier alpha value is -2.33. The van der Waals surface area contributed by atoms with E-state index in [-0.39, 0.29) is 11.7 Å². The van der Waals surface area contributed by atoms with Crippen molar-refractivity contribution in [2.45, 2.75) is 33.5 Å². The molecule has 0 bridgehead atoms. The van der Waals surface area contributed by atoms with Gasteiger partial charge in [0.2, 0.25) is 0 Å². The zero-order valence-electron chi connectivity index (χ0n) is 16.4. The maximum absolute atomic E-state index is 13.2. The lowest BCUT2D eigenvalue weighted by Crippen LogP contribution is -2.38. The number of amides is 1. The van der Waals surface area contributed by atoms with Gasteiger partial charge in [0.1, 0.15) is 5.75 Å². The van der Waals surface area contributed by atoms with Gasteiger partial charge in [-0.25, -0.2) is 0 Å². The lowest BCUT2D eigenvalue weighted by atomic mass is 10.00. The van der Waals surface area contributed by atoms with E-state index in [0.717, 1.165) is 10.8 Å². The fourth-order valence-electron chi connectivity index (χ4n) is 3.02. The molecule has 0 unspecified atom stereocenters. The molecule has 0 saturated carbocycles. The van der Waals surface area contributed by atoms with Crippen LogP contribution in [0.4, 0.5) is 0 Å². The third-order valence-electron chi connectivity index (χ3n) is 4.53. The second-order valence-corrected chi connectivity index (χ2v) is 12.4. The van der Waals surface area contributed by atoms with Crippen molar-refractivity contribution in [3.8, 4) is 5.75 Å². The van der Waals surface area contributed by atoms with Crippen LogP contribution in [0.15, 0.2) is 48.5 Å². The van der Waals surface area contributed by atoms with Crippen molar-refractivity contribution < 1.29 is 9.90 Å². The molecule has 2 aromatic rings. The zero-order valence-corrected chi connectivity index (χ0v) is 17.4. The van der Waals surface area contributed by atoms with Gasteiger partial charge in [-0.05, 0) is 30.7 Å². The Kier molecular flexibility index (Phi) is 6.43. The summed E-state index contributed by atoms with van der Waals surface area (Å²) in [4.78, 5) is 15.0. The van der Waals surface area contributed by atoms with Crippen LogP contribution in [0.3, 0.4) is 0 Å². The third kappa shape index (κ3) is 4.44. The van der Waals surface area contributed by atoms with Crippen LogP contribution in [0.25, 0.3) is 11.6 Å². The van der Waals surface area contributed by atoms with Crippen molar-refractivity contribution in [1.29, 1.82) is 0 Å². The Morgan fingerprint density at radius 1 is 1.00 bits per heavy atom. The van der Waals surface area contributed by atoms with Crippen LogP contribution in [0, 0.1) is 0 Å². The van der Waals surface area contributed by atoms with Gasteiger partial charge in [-0.15, -0.1) is 0 Å². The Morgan fingerprint density at radius 2 is 1.62 bits per heavy atom. The standard InChI is InChI=1S/C22H29NO2Si/c1-6-23(7-2)22(25)19(16-17-12-9-8-10-13-17)18-14-11-15-20(21(18)24)26(3,4)5/h8-16,24H,6-7H2,1-5H3/b19-16-. The molecule has 2 aromatic carbocycles. The topological polar surface area (TPSA) is 40.5 Å². The van der Waals surface area contributed by atoms with Crippen molar-refractivity contribution in [3.63, 3.8) is 0 Å². The number of carbonyl (C=O) groups is 1. The van der Waals surface area contributed by atoms with E-state index >= 15 is 0 Å². The lowest BCUT2D eigenvalue weighted by Gasteiger charge is -2.24.